The van der Waals surface area contributed by atoms with Crippen LogP contribution in [-0.2, 0) is 0 Å². The van der Waals surface area contributed by atoms with E-state index in [-0.39, 0.29) is 5.82 Å². The first-order chi connectivity index (χ1) is 9.99. The van der Waals surface area contributed by atoms with E-state index >= 15 is 0 Å². The molecule has 2 rings (SSSR count). The normalized spacial score (nSPS) is 12.1. The second-order valence-electron chi connectivity index (χ2n) is 4.57. The van der Waals surface area contributed by atoms with Crippen LogP contribution in [0.3, 0.4) is 0 Å². The van der Waals surface area contributed by atoms with Crippen molar-refractivity contribution >= 4 is 23.2 Å². The lowest BCUT2D eigenvalue weighted by molar-refractivity contribution is 0.392. The first-order valence-electron chi connectivity index (χ1n) is 6.30. The molecule has 2 nitrogen and oxygen atoms in total. The van der Waals surface area contributed by atoms with E-state index in [4.69, 9.17) is 32.7 Å². The molecule has 0 aliphatic rings. The molecule has 0 bridgehead atoms. The van der Waals surface area contributed by atoms with Crippen LogP contribution in [0.15, 0.2) is 30.3 Å². The van der Waals surface area contributed by atoms with Gasteiger partial charge in [0.25, 0.3) is 0 Å². The third kappa shape index (κ3) is 3.09. The Hall–Kier alpha value is -1.45. The number of aryl methyl sites for hydroxylation is 1. The van der Waals surface area contributed by atoms with Crippen LogP contribution in [0.1, 0.15) is 22.1 Å². The molecule has 0 aliphatic heterocycles. The van der Waals surface area contributed by atoms with Gasteiger partial charge in [0.15, 0.2) is 0 Å². The second kappa shape index (κ2) is 6.54. The first-order valence-corrected chi connectivity index (χ1v) is 7.11. The minimum atomic E-state index is -0.570. The van der Waals surface area contributed by atoms with Gasteiger partial charge in [-0.1, -0.05) is 17.7 Å². The van der Waals surface area contributed by atoms with Crippen LogP contribution in [0.2, 0.25) is 5.02 Å². The average molecular weight is 329 g/mol. The molecule has 1 atom stereocenters. The summed E-state index contributed by atoms with van der Waals surface area (Å²) in [6, 6.07) is 8.00. The molecule has 0 N–H and O–H groups in total. The lowest BCUT2D eigenvalue weighted by Gasteiger charge is -2.18. The van der Waals surface area contributed by atoms with Crippen LogP contribution in [0.4, 0.5) is 4.39 Å². The van der Waals surface area contributed by atoms with Crippen molar-refractivity contribution in [2.45, 2.75) is 12.3 Å². The highest BCUT2D eigenvalue weighted by Gasteiger charge is 2.22. The predicted octanol–water partition coefficient (Wildman–Crippen LogP) is 5.13. The zero-order valence-corrected chi connectivity index (χ0v) is 13.4. The van der Waals surface area contributed by atoms with E-state index in [1.807, 2.05) is 6.92 Å². The Morgan fingerprint density at radius 2 is 1.76 bits per heavy atom. The van der Waals surface area contributed by atoms with E-state index in [1.165, 1.54) is 26.4 Å². The maximum absolute atomic E-state index is 13.5. The Kier molecular flexibility index (Phi) is 4.96. The van der Waals surface area contributed by atoms with Crippen molar-refractivity contribution < 1.29 is 13.9 Å². The van der Waals surface area contributed by atoms with Gasteiger partial charge in [-0.05, 0) is 42.3 Å². The van der Waals surface area contributed by atoms with Gasteiger partial charge in [0.1, 0.15) is 22.3 Å². The molecule has 1 unspecified atom stereocenters. The van der Waals surface area contributed by atoms with Crippen LogP contribution in [0.5, 0.6) is 11.5 Å². The fourth-order valence-electron chi connectivity index (χ4n) is 2.17. The summed E-state index contributed by atoms with van der Waals surface area (Å²) in [5.41, 5.74) is 2.24. The largest absolute Gasteiger partial charge is 0.495 e. The molecule has 0 saturated heterocycles. The van der Waals surface area contributed by atoms with E-state index < -0.39 is 5.38 Å². The molecule has 0 amide bonds. The van der Waals surface area contributed by atoms with Crippen molar-refractivity contribution in [1.82, 2.24) is 0 Å². The summed E-state index contributed by atoms with van der Waals surface area (Å²) in [4.78, 5) is 0. The van der Waals surface area contributed by atoms with Gasteiger partial charge >= 0.3 is 0 Å². The van der Waals surface area contributed by atoms with Crippen LogP contribution in [0.25, 0.3) is 0 Å². The summed E-state index contributed by atoms with van der Waals surface area (Å²) in [5, 5.41) is -0.226. The van der Waals surface area contributed by atoms with Crippen LogP contribution < -0.4 is 9.47 Å². The molecule has 5 heteroatoms. The number of alkyl halides is 1. The molecule has 0 spiro atoms. The second-order valence-corrected chi connectivity index (χ2v) is 5.38. The van der Waals surface area contributed by atoms with E-state index in [1.54, 1.807) is 18.2 Å². The highest BCUT2D eigenvalue weighted by Crippen LogP contribution is 2.43. The molecule has 2 aromatic carbocycles. The summed E-state index contributed by atoms with van der Waals surface area (Å²) < 4.78 is 24.0. The fraction of sp³-hybridized carbons (Fsp3) is 0.250. The van der Waals surface area contributed by atoms with E-state index in [9.17, 15) is 4.39 Å². The van der Waals surface area contributed by atoms with Gasteiger partial charge in [0, 0.05) is 5.56 Å². The molecule has 0 saturated carbocycles. The molecule has 112 valence electrons. The molecule has 0 radical (unpaired) electrons. The Labute approximate surface area is 133 Å². The number of hydrogen-bond acceptors (Lipinski definition) is 2. The number of benzene rings is 2. The summed E-state index contributed by atoms with van der Waals surface area (Å²) in [7, 11) is 3.03. The topological polar surface area (TPSA) is 18.5 Å². The van der Waals surface area contributed by atoms with Gasteiger partial charge in [-0.2, -0.15) is 0 Å². The zero-order valence-electron chi connectivity index (χ0n) is 11.9. The lowest BCUT2D eigenvalue weighted by Crippen LogP contribution is -2.01. The summed E-state index contributed by atoms with van der Waals surface area (Å²) in [5.74, 6) is 0.594. The molecular formula is C16H15Cl2FO2. The van der Waals surface area contributed by atoms with E-state index in [0.717, 1.165) is 5.56 Å². The van der Waals surface area contributed by atoms with Gasteiger partial charge in [0.2, 0.25) is 0 Å². The third-order valence-corrected chi connectivity index (χ3v) is 4.13. The van der Waals surface area contributed by atoms with Gasteiger partial charge in [-0.3, -0.25) is 0 Å². The van der Waals surface area contributed by atoms with E-state index in [0.29, 0.717) is 27.6 Å². The zero-order chi connectivity index (χ0) is 15.6. The van der Waals surface area contributed by atoms with E-state index in [2.05, 4.69) is 0 Å². The first kappa shape index (κ1) is 15.9. The average Bonchev–Trinajstić information content (AvgIpc) is 2.48. The summed E-state index contributed by atoms with van der Waals surface area (Å²) >= 11 is 12.7. The molecule has 21 heavy (non-hydrogen) atoms. The van der Waals surface area contributed by atoms with Gasteiger partial charge in [-0.15, -0.1) is 11.6 Å². The maximum atomic E-state index is 13.5. The number of ether oxygens (including phenoxy) is 2. The lowest BCUT2D eigenvalue weighted by atomic mass is 9.99. The number of methoxy groups -OCH3 is 2. The van der Waals surface area contributed by atoms with Gasteiger partial charge < -0.3 is 9.47 Å². The Morgan fingerprint density at radius 3 is 2.38 bits per heavy atom. The van der Waals surface area contributed by atoms with Crippen LogP contribution >= 0.6 is 23.2 Å². The SMILES string of the molecule is COc1ccc(C(Cl)c2cc(F)ccc2C)c(OC)c1Cl. The number of hydrogen-bond donors (Lipinski definition) is 0. The van der Waals surface area contributed by atoms with Gasteiger partial charge in [0.05, 0.1) is 19.6 Å². The minimum Gasteiger partial charge on any atom is -0.495 e. The molecule has 0 fully saturated rings. The molecule has 2 aromatic rings. The maximum Gasteiger partial charge on any atom is 0.146 e. The predicted molar refractivity (Wildman–Crippen MR) is 83.4 cm³/mol. The quantitative estimate of drug-likeness (QED) is 0.724. The smallest absolute Gasteiger partial charge is 0.146 e. The van der Waals surface area contributed by atoms with Crippen molar-refractivity contribution in [2.75, 3.05) is 14.2 Å². The Balaban J connectivity index is 2.55. The molecular weight excluding hydrogens is 314 g/mol. The van der Waals surface area contributed by atoms with Crippen LogP contribution in [-0.4, -0.2) is 14.2 Å². The summed E-state index contributed by atoms with van der Waals surface area (Å²) in [6.07, 6.45) is 0. The van der Waals surface area contributed by atoms with Crippen molar-refractivity contribution in [3.63, 3.8) is 0 Å². The number of rotatable bonds is 4. The third-order valence-electron chi connectivity index (χ3n) is 3.30. The molecule has 0 heterocycles. The Bertz CT molecular complexity index is 659. The van der Waals surface area contributed by atoms with Gasteiger partial charge in [-0.25, -0.2) is 4.39 Å². The van der Waals surface area contributed by atoms with Crippen molar-refractivity contribution in [2.24, 2.45) is 0 Å². The Morgan fingerprint density at radius 1 is 1.05 bits per heavy atom. The highest BCUT2D eigenvalue weighted by atomic mass is 35.5. The van der Waals surface area contributed by atoms with Crippen molar-refractivity contribution in [1.29, 1.82) is 0 Å². The van der Waals surface area contributed by atoms with Crippen molar-refractivity contribution in [3.8, 4) is 11.5 Å². The summed E-state index contributed by atoms with van der Waals surface area (Å²) in [6.45, 7) is 1.88. The monoisotopic (exact) mass is 328 g/mol. The molecule has 0 aromatic heterocycles. The standard InChI is InChI=1S/C16H15Cl2FO2/c1-9-4-5-10(19)8-12(9)14(17)11-6-7-13(20-2)15(18)16(11)21-3/h4-8,14H,1-3H3. The number of halogens is 3. The van der Waals surface area contributed by atoms with Crippen molar-refractivity contribution in [3.05, 3.63) is 57.9 Å². The molecule has 0 aliphatic carbocycles. The van der Waals surface area contributed by atoms with Crippen LogP contribution in [0, 0.1) is 12.7 Å². The fourth-order valence-corrected chi connectivity index (χ4v) is 2.90. The highest BCUT2D eigenvalue weighted by molar-refractivity contribution is 6.34. The minimum absolute atomic E-state index is 0.333.